The molecule has 1 unspecified atom stereocenters. The summed E-state index contributed by atoms with van der Waals surface area (Å²) in [4.78, 5) is 28.1. The first kappa shape index (κ1) is 16.5. The summed E-state index contributed by atoms with van der Waals surface area (Å²) < 4.78 is 1.60. The molecule has 3 heterocycles. The molecule has 1 saturated heterocycles. The van der Waals surface area contributed by atoms with Gasteiger partial charge in [0.05, 0.1) is 10.9 Å². The third-order valence-corrected chi connectivity index (χ3v) is 6.25. The van der Waals surface area contributed by atoms with Crippen molar-refractivity contribution in [3.8, 4) is 10.6 Å². The van der Waals surface area contributed by atoms with Gasteiger partial charge in [-0.1, -0.05) is 18.9 Å². The standard InChI is InChI=1S/C19H23N3O2S/c23-18-10-9-16(17-8-4-12-25-17)20-22(18)15-7-3-11-21(13-15)19(24)14-5-1-2-6-14/h4,8-10,12,14-15H,1-3,5-7,11,13H2. The summed E-state index contributed by atoms with van der Waals surface area (Å²) in [7, 11) is 0. The molecule has 4 rings (SSSR count). The van der Waals surface area contributed by atoms with Gasteiger partial charge >= 0.3 is 0 Å². The minimum Gasteiger partial charge on any atom is -0.340 e. The molecular weight excluding hydrogens is 334 g/mol. The molecule has 2 fully saturated rings. The normalized spacial score (nSPS) is 21.6. The third-order valence-electron chi connectivity index (χ3n) is 5.36. The van der Waals surface area contributed by atoms with Crippen molar-refractivity contribution in [1.29, 1.82) is 0 Å². The van der Waals surface area contributed by atoms with E-state index in [1.54, 1.807) is 28.2 Å². The van der Waals surface area contributed by atoms with Crippen LogP contribution in [0.4, 0.5) is 0 Å². The van der Waals surface area contributed by atoms with Gasteiger partial charge in [0.1, 0.15) is 5.69 Å². The molecule has 0 aromatic carbocycles. The van der Waals surface area contributed by atoms with Gasteiger partial charge < -0.3 is 4.90 Å². The van der Waals surface area contributed by atoms with E-state index < -0.39 is 0 Å². The van der Waals surface area contributed by atoms with Crippen LogP contribution in [0, 0.1) is 5.92 Å². The number of hydrogen-bond acceptors (Lipinski definition) is 4. The molecule has 1 amide bonds. The van der Waals surface area contributed by atoms with Gasteiger partial charge in [-0.25, -0.2) is 4.68 Å². The van der Waals surface area contributed by atoms with Crippen LogP contribution < -0.4 is 5.56 Å². The van der Waals surface area contributed by atoms with Crippen LogP contribution in [-0.4, -0.2) is 33.7 Å². The molecule has 1 atom stereocenters. The van der Waals surface area contributed by atoms with E-state index >= 15 is 0 Å². The molecule has 0 radical (unpaired) electrons. The van der Waals surface area contributed by atoms with Crippen LogP contribution in [0.25, 0.3) is 10.6 Å². The lowest BCUT2D eigenvalue weighted by Gasteiger charge is -2.34. The number of nitrogens with zero attached hydrogens (tertiary/aromatic N) is 3. The zero-order valence-corrected chi connectivity index (χ0v) is 15.1. The molecule has 0 spiro atoms. The van der Waals surface area contributed by atoms with E-state index in [9.17, 15) is 9.59 Å². The van der Waals surface area contributed by atoms with Crippen molar-refractivity contribution in [2.75, 3.05) is 13.1 Å². The molecule has 25 heavy (non-hydrogen) atoms. The van der Waals surface area contributed by atoms with Gasteiger partial charge in [0.2, 0.25) is 5.91 Å². The van der Waals surface area contributed by atoms with Gasteiger partial charge in [-0.05, 0) is 43.2 Å². The first-order valence-corrected chi connectivity index (χ1v) is 10.0. The maximum Gasteiger partial charge on any atom is 0.267 e. The van der Waals surface area contributed by atoms with Gasteiger partial charge in [0, 0.05) is 25.1 Å². The molecule has 5 nitrogen and oxygen atoms in total. The summed E-state index contributed by atoms with van der Waals surface area (Å²) in [6.07, 6.45) is 6.20. The molecule has 132 valence electrons. The largest absolute Gasteiger partial charge is 0.340 e. The van der Waals surface area contributed by atoms with Crippen LogP contribution in [0.1, 0.15) is 44.6 Å². The van der Waals surface area contributed by atoms with Crippen LogP contribution in [0.2, 0.25) is 0 Å². The molecule has 2 aromatic heterocycles. The summed E-state index contributed by atoms with van der Waals surface area (Å²) in [5, 5.41) is 6.62. The van der Waals surface area contributed by atoms with E-state index in [1.165, 1.54) is 0 Å². The summed E-state index contributed by atoms with van der Waals surface area (Å²) in [5.74, 6) is 0.477. The van der Waals surface area contributed by atoms with Gasteiger partial charge in [0.25, 0.3) is 5.56 Å². The van der Waals surface area contributed by atoms with Crippen LogP contribution in [-0.2, 0) is 4.79 Å². The molecular formula is C19H23N3O2S. The fraction of sp³-hybridized carbons (Fsp3) is 0.526. The number of likely N-dealkylation sites (tertiary alicyclic amines) is 1. The zero-order chi connectivity index (χ0) is 17.2. The Balaban J connectivity index is 1.55. The van der Waals surface area contributed by atoms with E-state index in [1.807, 2.05) is 22.4 Å². The summed E-state index contributed by atoms with van der Waals surface area (Å²) >= 11 is 1.62. The number of thiophene rings is 1. The maximum atomic E-state index is 12.7. The Labute approximate surface area is 151 Å². The van der Waals surface area contributed by atoms with Crippen molar-refractivity contribution in [1.82, 2.24) is 14.7 Å². The number of carbonyl (C=O) groups is 1. The van der Waals surface area contributed by atoms with Crippen molar-refractivity contribution in [2.24, 2.45) is 5.92 Å². The molecule has 0 N–H and O–H groups in total. The Morgan fingerprint density at radius 3 is 2.72 bits per heavy atom. The highest BCUT2D eigenvalue weighted by Gasteiger charge is 2.31. The van der Waals surface area contributed by atoms with E-state index in [2.05, 4.69) is 5.10 Å². The highest BCUT2D eigenvalue weighted by Crippen LogP contribution is 2.29. The van der Waals surface area contributed by atoms with Crippen molar-refractivity contribution in [2.45, 2.75) is 44.6 Å². The Morgan fingerprint density at radius 1 is 1.12 bits per heavy atom. The summed E-state index contributed by atoms with van der Waals surface area (Å²) in [5.41, 5.74) is 0.745. The lowest BCUT2D eigenvalue weighted by atomic mass is 10.0. The van der Waals surface area contributed by atoms with Crippen molar-refractivity contribution in [3.63, 3.8) is 0 Å². The number of carbonyl (C=O) groups excluding carboxylic acids is 1. The number of amides is 1. The maximum absolute atomic E-state index is 12.7. The lowest BCUT2D eigenvalue weighted by Crippen LogP contribution is -2.45. The number of piperidine rings is 1. The second-order valence-corrected chi connectivity index (χ2v) is 7.99. The smallest absolute Gasteiger partial charge is 0.267 e. The second-order valence-electron chi connectivity index (χ2n) is 7.04. The van der Waals surface area contributed by atoms with E-state index in [0.29, 0.717) is 6.54 Å². The molecule has 6 heteroatoms. The minimum absolute atomic E-state index is 0.0217. The minimum atomic E-state index is -0.0829. The molecule has 1 saturated carbocycles. The molecule has 0 bridgehead atoms. The van der Waals surface area contributed by atoms with Crippen LogP contribution >= 0.6 is 11.3 Å². The third kappa shape index (κ3) is 3.40. The van der Waals surface area contributed by atoms with Gasteiger partial charge in [-0.2, -0.15) is 5.10 Å². The number of aromatic nitrogens is 2. The Kier molecular flexibility index (Phi) is 4.70. The Morgan fingerprint density at radius 2 is 1.96 bits per heavy atom. The predicted octanol–water partition coefficient (Wildman–Crippen LogP) is 3.33. The van der Waals surface area contributed by atoms with Gasteiger partial charge in [0.15, 0.2) is 0 Å². The zero-order valence-electron chi connectivity index (χ0n) is 14.3. The predicted molar refractivity (Wildman–Crippen MR) is 98.6 cm³/mol. The monoisotopic (exact) mass is 357 g/mol. The average Bonchev–Trinajstić information content (AvgIpc) is 3.35. The van der Waals surface area contributed by atoms with Gasteiger partial charge in [-0.3, -0.25) is 9.59 Å². The summed E-state index contributed by atoms with van der Waals surface area (Å²) in [6, 6.07) is 7.36. The molecule has 1 aliphatic carbocycles. The fourth-order valence-corrected chi connectivity index (χ4v) is 4.72. The van der Waals surface area contributed by atoms with E-state index in [-0.39, 0.29) is 23.4 Å². The topological polar surface area (TPSA) is 55.2 Å². The quantitative estimate of drug-likeness (QED) is 0.847. The molecule has 2 aliphatic rings. The van der Waals surface area contributed by atoms with Gasteiger partial charge in [-0.15, -0.1) is 11.3 Å². The highest BCUT2D eigenvalue weighted by atomic mass is 32.1. The van der Waals surface area contributed by atoms with Crippen LogP contribution in [0.15, 0.2) is 34.4 Å². The lowest BCUT2D eigenvalue weighted by molar-refractivity contribution is -0.137. The van der Waals surface area contributed by atoms with E-state index in [4.69, 9.17) is 0 Å². The van der Waals surface area contributed by atoms with Crippen molar-refractivity contribution >= 4 is 17.2 Å². The van der Waals surface area contributed by atoms with Crippen molar-refractivity contribution in [3.05, 3.63) is 40.0 Å². The highest BCUT2D eigenvalue weighted by molar-refractivity contribution is 7.13. The second kappa shape index (κ2) is 7.12. The van der Waals surface area contributed by atoms with Crippen LogP contribution in [0.3, 0.4) is 0 Å². The fourth-order valence-electron chi connectivity index (χ4n) is 4.03. The van der Waals surface area contributed by atoms with E-state index in [0.717, 1.165) is 55.6 Å². The van der Waals surface area contributed by atoms with Crippen molar-refractivity contribution < 1.29 is 4.79 Å². The van der Waals surface area contributed by atoms with Crippen LogP contribution in [0.5, 0.6) is 0 Å². The molecule has 1 aliphatic heterocycles. The Hall–Kier alpha value is -1.95. The number of hydrogen-bond donors (Lipinski definition) is 0. The SMILES string of the molecule is O=C(C1CCCC1)N1CCCC(n2nc(-c3cccs3)ccc2=O)C1. The Bertz CT molecular complexity index is 793. The molecule has 2 aromatic rings. The average molecular weight is 357 g/mol. The first-order chi connectivity index (χ1) is 12.2. The number of rotatable bonds is 3. The first-order valence-electron chi connectivity index (χ1n) is 9.15. The summed E-state index contributed by atoms with van der Waals surface area (Å²) in [6.45, 7) is 1.42.